The van der Waals surface area contributed by atoms with Gasteiger partial charge in [0.2, 0.25) is 10.0 Å². The van der Waals surface area contributed by atoms with E-state index in [0.29, 0.717) is 0 Å². The number of hydrogen-bond acceptors (Lipinski definition) is 6. The van der Waals surface area contributed by atoms with Crippen LogP contribution in [0.3, 0.4) is 0 Å². The van der Waals surface area contributed by atoms with E-state index in [0.717, 1.165) is 6.07 Å². The molecule has 148 valence electrons. The smallest absolute Gasteiger partial charge is 0.326 e. The summed E-state index contributed by atoms with van der Waals surface area (Å²) < 4.78 is 43.9. The Kier molecular flexibility index (Phi) is 7.18. The molecule has 0 fully saturated rings. The van der Waals surface area contributed by atoms with E-state index in [1.54, 1.807) is 6.07 Å². The largest absolute Gasteiger partial charge is 0.455 e. The Morgan fingerprint density at radius 3 is 2.29 bits per heavy atom. The predicted molar refractivity (Wildman–Crippen MR) is 96.2 cm³/mol. The second-order valence-corrected chi connectivity index (χ2v) is 7.05. The minimum atomic E-state index is -3.90. The molecule has 0 saturated carbocycles. The zero-order chi connectivity index (χ0) is 20.6. The van der Waals surface area contributed by atoms with E-state index in [9.17, 15) is 27.2 Å². The fraction of sp³-hybridized carbons (Fsp3) is 0.118. The van der Waals surface area contributed by atoms with Crippen LogP contribution in [0.5, 0.6) is 0 Å². The molecule has 0 unspecified atom stereocenters. The molecular weight excluding hydrogens is 393 g/mol. The van der Waals surface area contributed by atoms with Gasteiger partial charge in [-0.1, -0.05) is 30.3 Å². The molecule has 0 spiro atoms. The van der Waals surface area contributed by atoms with Crippen molar-refractivity contribution in [2.45, 2.75) is 4.90 Å². The fourth-order valence-corrected chi connectivity index (χ4v) is 2.90. The van der Waals surface area contributed by atoms with Crippen LogP contribution in [0.2, 0.25) is 0 Å². The number of urea groups is 1. The summed E-state index contributed by atoms with van der Waals surface area (Å²) in [5.41, 5.74) is -0.139. The topological polar surface area (TPSA) is 131 Å². The molecule has 9 nitrogen and oxygen atoms in total. The summed E-state index contributed by atoms with van der Waals surface area (Å²) >= 11 is 0. The van der Waals surface area contributed by atoms with Crippen molar-refractivity contribution in [2.75, 3.05) is 18.5 Å². The van der Waals surface area contributed by atoms with Gasteiger partial charge in [-0.2, -0.15) is 4.72 Å². The van der Waals surface area contributed by atoms with Crippen molar-refractivity contribution >= 4 is 33.6 Å². The fourth-order valence-electron chi connectivity index (χ4n) is 1.91. The molecule has 3 N–H and O–H groups in total. The molecule has 2 aromatic rings. The quantitative estimate of drug-likeness (QED) is 0.585. The van der Waals surface area contributed by atoms with E-state index in [1.807, 2.05) is 10.0 Å². The number of amides is 3. The van der Waals surface area contributed by atoms with Crippen LogP contribution in [0, 0.1) is 5.82 Å². The van der Waals surface area contributed by atoms with Crippen LogP contribution in [0.4, 0.5) is 14.9 Å². The Bertz CT molecular complexity index is 966. The van der Waals surface area contributed by atoms with Gasteiger partial charge in [-0.25, -0.2) is 17.6 Å². The first-order valence-corrected chi connectivity index (χ1v) is 9.32. The maximum Gasteiger partial charge on any atom is 0.326 e. The van der Waals surface area contributed by atoms with Crippen molar-refractivity contribution in [1.29, 1.82) is 0 Å². The SMILES string of the molecule is O=C(COC(=O)CNS(=O)(=O)c1ccccc1)NC(=O)Nc1ccccc1F. The lowest BCUT2D eigenvalue weighted by Crippen LogP contribution is -2.38. The zero-order valence-corrected chi connectivity index (χ0v) is 15.2. The summed E-state index contributed by atoms with van der Waals surface area (Å²) in [5, 5.41) is 3.95. The van der Waals surface area contributed by atoms with Crippen molar-refractivity contribution in [1.82, 2.24) is 10.0 Å². The molecular formula is C17H16FN3O6S. The number of nitrogens with one attached hydrogen (secondary N) is 3. The molecule has 0 atom stereocenters. The number of carbonyl (C=O) groups is 3. The Labute approximate surface area is 159 Å². The Morgan fingerprint density at radius 2 is 1.61 bits per heavy atom. The minimum Gasteiger partial charge on any atom is -0.455 e. The second-order valence-electron chi connectivity index (χ2n) is 5.28. The second kappa shape index (κ2) is 9.58. The molecule has 0 radical (unpaired) electrons. The van der Waals surface area contributed by atoms with Crippen molar-refractivity contribution in [2.24, 2.45) is 0 Å². The number of hydrogen-bond donors (Lipinski definition) is 3. The summed E-state index contributed by atoms with van der Waals surface area (Å²) in [6.45, 7) is -1.53. The first-order chi connectivity index (χ1) is 13.3. The number of halogens is 1. The number of ether oxygens (including phenoxy) is 1. The number of rotatable bonds is 7. The van der Waals surface area contributed by atoms with Crippen molar-refractivity contribution in [3.05, 3.63) is 60.4 Å². The number of anilines is 1. The van der Waals surface area contributed by atoms with Gasteiger partial charge in [0.15, 0.2) is 6.61 Å². The summed E-state index contributed by atoms with van der Waals surface area (Å²) in [6, 6.07) is 11.7. The summed E-state index contributed by atoms with van der Waals surface area (Å²) in [7, 11) is -3.90. The van der Waals surface area contributed by atoms with E-state index < -0.39 is 46.9 Å². The number of benzene rings is 2. The van der Waals surface area contributed by atoms with Gasteiger partial charge in [0.05, 0.1) is 10.6 Å². The van der Waals surface area contributed by atoms with Crippen LogP contribution < -0.4 is 15.4 Å². The third-order valence-electron chi connectivity index (χ3n) is 3.20. The first kappa shape index (κ1) is 21.0. The molecule has 0 aliphatic carbocycles. The van der Waals surface area contributed by atoms with Crippen molar-refractivity contribution in [3.63, 3.8) is 0 Å². The number of esters is 1. The number of para-hydroxylation sites is 1. The highest BCUT2D eigenvalue weighted by atomic mass is 32.2. The van der Waals surface area contributed by atoms with Gasteiger partial charge in [0.25, 0.3) is 5.91 Å². The van der Waals surface area contributed by atoms with Crippen molar-refractivity contribution in [3.8, 4) is 0 Å². The van der Waals surface area contributed by atoms with E-state index >= 15 is 0 Å². The molecule has 28 heavy (non-hydrogen) atoms. The van der Waals surface area contributed by atoms with Crippen LogP contribution in [0.15, 0.2) is 59.5 Å². The van der Waals surface area contributed by atoms with Gasteiger partial charge in [0.1, 0.15) is 12.4 Å². The minimum absolute atomic E-state index is 0.0367. The van der Waals surface area contributed by atoms with Gasteiger partial charge >= 0.3 is 12.0 Å². The zero-order valence-electron chi connectivity index (χ0n) is 14.3. The third-order valence-corrected chi connectivity index (χ3v) is 4.62. The Morgan fingerprint density at radius 1 is 0.964 bits per heavy atom. The molecule has 0 aliphatic rings. The molecule has 0 bridgehead atoms. The number of sulfonamides is 1. The molecule has 0 saturated heterocycles. The molecule has 0 aliphatic heterocycles. The van der Waals surface area contributed by atoms with Crippen molar-refractivity contribution < 1.29 is 31.9 Å². The van der Waals surface area contributed by atoms with E-state index in [4.69, 9.17) is 0 Å². The number of imide groups is 1. The van der Waals surface area contributed by atoms with E-state index in [-0.39, 0.29) is 10.6 Å². The van der Waals surface area contributed by atoms with Gasteiger partial charge < -0.3 is 10.1 Å². The normalized spacial score (nSPS) is 10.8. The Hall–Kier alpha value is -3.31. The number of carbonyl (C=O) groups excluding carboxylic acids is 3. The predicted octanol–water partition coefficient (Wildman–Crippen LogP) is 0.995. The van der Waals surface area contributed by atoms with Crippen LogP contribution in [-0.2, 0) is 24.3 Å². The lowest BCUT2D eigenvalue weighted by molar-refractivity contribution is -0.147. The average Bonchev–Trinajstić information content (AvgIpc) is 2.67. The summed E-state index contributed by atoms with van der Waals surface area (Å²) in [5.74, 6) is -2.69. The average molecular weight is 409 g/mol. The maximum atomic E-state index is 13.4. The van der Waals surface area contributed by atoms with E-state index in [2.05, 4.69) is 10.1 Å². The van der Waals surface area contributed by atoms with Crippen LogP contribution >= 0.6 is 0 Å². The molecule has 2 rings (SSSR count). The Balaban J connectivity index is 1.74. The molecule has 3 amide bonds. The van der Waals surface area contributed by atoms with Gasteiger partial charge in [0, 0.05) is 0 Å². The van der Waals surface area contributed by atoms with Gasteiger partial charge in [-0.15, -0.1) is 0 Å². The standard InChI is InChI=1S/C17H16FN3O6S/c18-13-8-4-5-9-14(13)20-17(24)21-15(22)11-27-16(23)10-19-28(25,26)12-6-2-1-3-7-12/h1-9,19H,10-11H2,(H2,20,21,22,24). The van der Waals surface area contributed by atoms with Crippen LogP contribution in [0.1, 0.15) is 0 Å². The molecule has 11 heteroatoms. The maximum absolute atomic E-state index is 13.4. The third kappa shape index (κ3) is 6.45. The van der Waals surface area contributed by atoms with Crippen LogP contribution in [-0.4, -0.2) is 39.5 Å². The lowest BCUT2D eigenvalue weighted by Gasteiger charge is -2.09. The lowest BCUT2D eigenvalue weighted by atomic mass is 10.3. The molecule has 2 aromatic carbocycles. The van der Waals surface area contributed by atoms with E-state index in [1.165, 1.54) is 42.5 Å². The van der Waals surface area contributed by atoms with Crippen LogP contribution in [0.25, 0.3) is 0 Å². The van der Waals surface area contributed by atoms with Gasteiger partial charge in [-0.05, 0) is 24.3 Å². The molecule has 0 heterocycles. The highest BCUT2D eigenvalue weighted by Gasteiger charge is 2.17. The highest BCUT2D eigenvalue weighted by molar-refractivity contribution is 7.89. The molecule has 0 aromatic heterocycles. The first-order valence-electron chi connectivity index (χ1n) is 7.83. The summed E-state index contributed by atoms with van der Waals surface area (Å²) in [4.78, 5) is 34.7. The van der Waals surface area contributed by atoms with Gasteiger partial charge in [-0.3, -0.25) is 14.9 Å². The summed E-state index contributed by atoms with van der Waals surface area (Å²) in [6.07, 6.45) is 0. The monoisotopic (exact) mass is 409 g/mol. The highest BCUT2D eigenvalue weighted by Crippen LogP contribution is 2.11.